The molecule has 1 aliphatic rings. The van der Waals surface area contributed by atoms with Crippen molar-refractivity contribution in [2.24, 2.45) is 5.92 Å². The third kappa shape index (κ3) is 1.70. The fourth-order valence-corrected chi connectivity index (χ4v) is 1.21. The molecule has 1 rings (SSSR count). The summed E-state index contributed by atoms with van der Waals surface area (Å²) in [6, 6.07) is -0.295. The molecule has 1 fully saturated rings. The summed E-state index contributed by atoms with van der Waals surface area (Å²) in [6.07, 6.45) is 1.81. The first-order valence-electron chi connectivity index (χ1n) is 3.66. The highest BCUT2D eigenvalue weighted by atomic mass is 16.4. The van der Waals surface area contributed by atoms with Gasteiger partial charge >= 0.3 is 5.97 Å². The minimum absolute atomic E-state index is 0.295. The fourth-order valence-electron chi connectivity index (χ4n) is 1.21. The van der Waals surface area contributed by atoms with Crippen LogP contribution in [0.15, 0.2) is 0 Å². The fraction of sp³-hybridized carbons (Fsp3) is 0.857. The standard InChI is InChI=1S/C7H13NO2/c1-5-2-3-6(7(9)10)8-4-5/h5-6,8H,2-4H2,1H3,(H,9,10)/t5-,6-/m1/s1. The van der Waals surface area contributed by atoms with Crippen LogP contribution in [0.2, 0.25) is 0 Å². The summed E-state index contributed by atoms with van der Waals surface area (Å²) >= 11 is 0. The molecule has 0 spiro atoms. The molecule has 10 heavy (non-hydrogen) atoms. The second kappa shape index (κ2) is 3.01. The molecular weight excluding hydrogens is 130 g/mol. The van der Waals surface area contributed by atoms with Gasteiger partial charge in [0.1, 0.15) is 6.04 Å². The van der Waals surface area contributed by atoms with Gasteiger partial charge in [0, 0.05) is 0 Å². The Hall–Kier alpha value is -0.570. The smallest absolute Gasteiger partial charge is 0.320 e. The molecule has 0 saturated carbocycles. The lowest BCUT2D eigenvalue weighted by molar-refractivity contribution is -0.140. The van der Waals surface area contributed by atoms with Crippen LogP contribution >= 0.6 is 0 Å². The van der Waals surface area contributed by atoms with Gasteiger partial charge in [-0.1, -0.05) is 6.92 Å². The first-order valence-corrected chi connectivity index (χ1v) is 3.66. The Kier molecular flexibility index (Phi) is 2.27. The molecule has 0 unspecified atom stereocenters. The van der Waals surface area contributed by atoms with Gasteiger partial charge in [-0.15, -0.1) is 0 Å². The predicted octanol–water partition coefficient (Wildman–Crippen LogP) is 0.459. The predicted molar refractivity (Wildman–Crippen MR) is 37.8 cm³/mol. The maximum absolute atomic E-state index is 10.4. The van der Waals surface area contributed by atoms with E-state index >= 15 is 0 Å². The minimum atomic E-state index is -0.716. The molecule has 0 aromatic heterocycles. The summed E-state index contributed by atoms with van der Waals surface area (Å²) in [7, 11) is 0. The van der Waals surface area contributed by atoms with E-state index in [1.54, 1.807) is 0 Å². The highest BCUT2D eigenvalue weighted by Crippen LogP contribution is 2.12. The molecule has 0 aromatic rings. The highest BCUT2D eigenvalue weighted by Gasteiger charge is 2.22. The monoisotopic (exact) mass is 143 g/mol. The Labute approximate surface area is 60.4 Å². The summed E-state index contributed by atoms with van der Waals surface area (Å²) in [6.45, 7) is 2.97. The Bertz CT molecular complexity index is 128. The molecule has 0 radical (unpaired) electrons. The van der Waals surface area contributed by atoms with Gasteiger partial charge in [-0.3, -0.25) is 4.79 Å². The Balaban J connectivity index is 2.33. The van der Waals surface area contributed by atoms with Gasteiger partial charge in [0.05, 0.1) is 0 Å². The van der Waals surface area contributed by atoms with Gasteiger partial charge in [-0.25, -0.2) is 0 Å². The first kappa shape index (κ1) is 7.54. The maximum Gasteiger partial charge on any atom is 0.320 e. The number of carboxylic acid groups (broad SMARTS) is 1. The summed E-state index contributed by atoms with van der Waals surface area (Å²) in [5, 5.41) is 11.5. The van der Waals surface area contributed by atoms with Gasteiger partial charge in [0.2, 0.25) is 0 Å². The molecular formula is C7H13NO2. The third-order valence-electron chi connectivity index (χ3n) is 1.96. The van der Waals surface area contributed by atoms with Crippen LogP contribution in [0.25, 0.3) is 0 Å². The number of aliphatic carboxylic acids is 1. The lowest BCUT2D eigenvalue weighted by Crippen LogP contribution is -2.43. The van der Waals surface area contributed by atoms with Crippen LogP contribution < -0.4 is 5.32 Å². The van der Waals surface area contributed by atoms with E-state index in [1.165, 1.54) is 0 Å². The number of nitrogens with one attached hydrogen (secondary N) is 1. The zero-order valence-corrected chi connectivity index (χ0v) is 6.13. The molecule has 0 amide bonds. The van der Waals surface area contributed by atoms with Crippen molar-refractivity contribution >= 4 is 5.97 Å². The normalized spacial score (nSPS) is 33.7. The van der Waals surface area contributed by atoms with Crippen molar-refractivity contribution < 1.29 is 9.90 Å². The van der Waals surface area contributed by atoms with E-state index in [9.17, 15) is 4.79 Å². The summed E-state index contributed by atoms with van der Waals surface area (Å²) in [5.41, 5.74) is 0. The van der Waals surface area contributed by atoms with Crippen molar-refractivity contribution in [1.29, 1.82) is 0 Å². The second-order valence-corrected chi connectivity index (χ2v) is 2.98. The minimum Gasteiger partial charge on any atom is -0.480 e. The molecule has 2 atom stereocenters. The lowest BCUT2D eigenvalue weighted by atomic mass is 9.97. The van der Waals surface area contributed by atoms with Gasteiger partial charge in [0.15, 0.2) is 0 Å². The van der Waals surface area contributed by atoms with E-state index < -0.39 is 5.97 Å². The Morgan fingerprint density at radius 2 is 2.30 bits per heavy atom. The van der Waals surface area contributed by atoms with Crippen LogP contribution in [0.1, 0.15) is 19.8 Å². The van der Waals surface area contributed by atoms with Gasteiger partial charge in [-0.2, -0.15) is 0 Å². The van der Waals surface area contributed by atoms with E-state index in [0.29, 0.717) is 5.92 Å². The molecule has 1 aliphatic heterocycles. The van der Waals surface area contributed by atoms with Crippen molar-refractivity contribution in [2.45, 2.75) is 25.8 Å². The second-order valence-electron chi connectivity index (χ2n) is 2.98. The average molecular weight is 143 g/mol. The van der Waals surface area contributed by atoms with Crippen LogP contribution in [0.4, 0.5) is 0 Å². The molecule has 1 heterocycles. The number of piperidine rings is 1. The lowest BCUT2D eigenvalue weighted by Gasteiger charge is -2.24. The van der Waals surface area contributed by atoms with Crippen LogP contribution in [0.3, 0.4) is 0 Å². The third-order valence-corrected chi connectivity index (χ3v) is 1.96. The van der Waals surface area contributed by atoms with Gasteiger partial charge < -0.3 is 10.4 Å². The Morgan fingerprint density at radius 1 is 1.60 bits per heavy atom. The number of rotatable bonds is 1. The topological polar surface area (TPSA) is 49.3 Å². The highest BCUT2D eigenvalue weighted by molar-refractivity contribution is 5.73. The van der Waals surface area contributed by atoms with Crippen LogP contribution in [0.5, 0.6) is 0 Å². The molecule has 1 saturated heterocycles. The van der Waals surface area contributed by atoms with Crippen molar-refractivity contribution in [1.82, 2.24) is 5.32 Å². The largest absolute Gasteiger partial charge is 0.480 e. The summed E-state index contributed by atoms with van der Waals surface area (Å²) < 4.78 is 0. The maximum atomic E-state index is 10.4. The number of hydrogen-bond donors (Lipinski definition) is 2. The quantitative estimate of drug-likeness (QED) is 0.560. The molecule has 0 bridgehead atoms. The van der Waals surface area contributed by atoms with E-state index in [-0.39, 0.29) is 6.04 Å². The van der Waals surface area contributed by atoms with Crippen LogP contribution in [-0.2, 0) is 4.79 Å². The van der Waals surface area contributed by atoms with Crippen LogP contribution in [0, 0.1) is 5.92 Å². The van der Waals surface area contributed by atoms with E-state index in [1.807, 2.05) is 0 Å². The molecule has 3 nitrogen and oxygen atoms in total. The Morgan fingerprint density at radius 3 is 2.70 bits per heavy atom. The van der Waals surface area contributed by atoms with Crippen molar-refractivity contribution in [2.75, 3.05) is 6.54 Å². The summed E-state index contributed by atoms with van der Waals surface area (Å²) in [4.78, 5) is 10.4. The molecule has 58 valence electrons. The zero-order valence-electron chi connectivity index (χ0n) is 6.13. The molecule has 2 N–H and O–H groups in total. The molecule has 0 aromatic carbocycles. The van der Waals surface area contributed by atoms with Gasteiger partial charge in [-0.05, 0) is 25.3 Å². The first-order chi connectivity index (χ1) is 4.70. The van der Waals surface area contributed by atoms with Crippen molar-refractivity contribution in [3.63, 3.8) is 0 Å². The van der Waals surface area contributed by atoms with E-state index in [2.05, 4.69) is 12.2 Å². The zero-order chi connectivity index (χ0) is 7.56. The van der Waals surface area contributed by atoms with Gasteiger partial charge in [0.25, 0.3) is 0 Å². The van der Waals surface area contributed by atoms with E-state index in [4.69, 9.17) is 5.11 Å². The number of hydrogen-bond acceptors (Lipinski definition) is 2. The van der Waals surface area contributed by atoms with Crippen LogP contribution in [-0.4, -0.2) is 23.7 Å². The van der Waals surface area contributed by atoms with Crippen molar-refractivity contribution in [3.8, 4) is 0 Å². The molecule has 3 heteroatoms. The summed E-state index contributed by atoms with van der Waals surface area (Å²) in [5.74, 6) is -0.0810. The number of carboxylic acids is 1. The SMILES string of the molecule is C[C@@H]1CC[C@H](C(=O)O)NC1. The average Bonchev–Trinajstić information content (AvgIpc) is 1.88. The van der Waals surface area contributed by atoms with Crippen molar-refractivity contribution in [3.05, 3.63) is 0 Å². The molecule has 0 aliphatic carbocycles. The van der Waals surface area contributed by atoms with E-state index in [0.717, 1.165) is 19.4 Å². The number of carbonyl (C=O) groups is 1.